The van der Waals surface area contributed by atoms with E-state index in [1.807, 2.05) is 32.0 Å². The molecule has 3 fully saturated rings. The number of methoxy groups -OCH3 is 2. The molecule has 0 saturated carbocycles. The Bertz CT molecular complexity index is 2640. The monoisotopic (exact) mass is 834 g/mol. The van der Waals surface area contributed by atoms with Crippen LogP contribution in [0.1, 0.15) is 82.2 Å². The molecule has 0 aliphatic carbocycles. The number of hydrogen-bond donors (Lipinski definition) is 4. The standard InChI is InChI=1S/C44H46N6O9S/c1-19-9-26-29(34(52)35(19)55-6)32-33-39-31-30(38-37(57-18-58-38)20(2)36(31)59-21(3)51)28(50(33)43(15-46)14-42(26,4)49(32)16-43)13-56-41(53)44(17-60-39)40-25(10-22(12-45)48-44)24-11-23(54-5)7-8-27(24)47-40/h7-9,11,22,28,32-33,39,47-48,52H,10,12-14,16-18,45H2,1-6H3/t22-,28-,32+,33+,39+,42?,43?,44+/m0/s1. The van der Waals surface area contributed by atoms with Crippen LogP contribution >= 0.6 is 11.8 Å². The maximum atomic E-state index is 15.2. The number of carbonyl (C=O) groups excluding carboxylic acids is 2. The summed E-state index contributed by atoms with van der Waals surface area (Å²) < 4.78 is 36.7. The van der Waals surface area contributed by atoms with Gasteiger partial charge in [0, 0.05) is 83.0 Å². The number of H-pyrrole nitrogens is 1. The van der Waals surface area contributed by atoms with Gasteiger partial charge in [0.1, 0.15) is 23.6 Å². The number of aromatic nitrogens is 1. The minimum atomic E-state index is -1.39. The molecule has 15 nitrogen and oxygen atoms in total. The molecule has 16 heteroatoms. The number of fused-ring (bicyclic) bond motifs is 11. The number of carbonyl (C=O) groups is 2. The van der Waals surface area contributed by atoms with Gasteiger partial charge in [-0.2, -0.15) is 5.26 Å². The number of rotatable bonds is 4. The highest BCUT2D eigenvalue weighted by molar-refractivity contribution is 7.99. The molecule has 4 aromatic rings. The smallest absolute Gasteiger partial charge is 0.333 e. The molecule has 4 bridgehead atoms. The van der Waals surface area contributed by atoms with Gasteiger partial charge in [0.15, 0.2) is 28.5 Å². The van der Waals surface area contributed by atoms with Crippen molar-refractivity contribution in [1.29, 1.82) is 5.26 Å². The second-order valence-electron chi connectivity index (χ2n) is 17.5. The van der Waals surface area contributed by atoms with Crippen molar-refractivity contribution in [2.24, 2.45) is 5.73 Å². The van der Waals surface area contributed by atoms with Crippen LogP contribution in [0.5, 0.6) is 34.5 Å². The number of aromatic amines is 1. The van der Waals surface area contributed by atoms with Crippen LogP contribution in [-0.4, -0.2) is 95.9 Å². The topological polar surface area (TPSA) is 194 Å². The number of nitrogens with one attached hydrogen (secondary N) is 2. The second-order valence-corrected chi connectivity index (χ2v) is 18.6. The maximum absolute atomic E-state index is 15.2. The van der Waals surface area contributed by atoms with Crippen LogP contribution in [0.4, 0.5) is 0 Å². The fraction of sp³-hybridized carbons (Fsp3) is 0.477. The number of nitriles is 1. The van der Waals surface area contributed by atoms with Gasteiger partial charge in [-0.15, -0.1) is 11.8 Å². The largest absolute Gasteiger partial charge is 0.504 e. The number of benzene rings is 3. The van der Waals surface area contributed by atoms with Crippen LogP contribution in [0, 0.1) is 25.2 Å². The van der Waals surface area contributed by atoms with E-state index in [0.29, 0.717) is 70.5 Å². The average Bonchev–Trinajstić information content (AvgIpc) is 3.99. The quantitative estimate of drug-likeness (QED) is 0.165. The van der Waals surface area contributed by atoms with Gasteiger partial charge in [-0.3, -0.25) is 19.9 Å². The van der Waals surface area contributed by atoms with Gasteiger partial charge in [0.25, 0.3) is 0 Å². The summed E-state index contributed by atoms with van der Waals surface area (Å²) in [5, 5.41) is 27.8. The first-order valence-electron chi connectivity index (χ1n) is 20.3. The number of nitrogens with two attached hydrogens (primary N) is 1. The number of phenols is 1. The highest BCUT2D eigenvalue weighted by Gasteiger charge is 2.72. The van der Waals surface area contributed by atoms with E-state index in [1.165, 1.54) is 18.7 Å². The lowest BCUT2D eigenvalue weighted by atomic mass is 9.72. The van der Waals surface area contributed by atoms with Crippen molar-refractivity contribution in [3.8, 4) is 40.6 Å². The summed E-state index contributed by atoms with van der Waals surface area (Å²) in [5.41, 5.74) is 10.3. The molecule has 1 spiro atoms. The molecule has 0 radical (unpaired) electrons. The van der Waals surface area contributed by atoms with Crippen molar-refractivity contribution in [1.82, 2.24) is 20.1 Å². The van der Waals surface area contributed by atoms with Gasteiger partial charge in [-0.1, -0.05) is 0 Å². The second kappa shape index (κ2) is 12.7. The third-order valence-corrected chi connectivity index (χ3v) is 15.9. The Labute approximate surface area is 350 Å². The van der Waals surface area contributed by atoms with Crippen molar-refractivity contribution in [3.63, 3.8) is 0 Å². The number of hydrogen-bond acceptors (Lipinski definition) is 15. The van der Waals surface area contributed by atoms with Crippen molar-refractivity contribution in [3.05, 3.63) is 68.9 Å². The van der Waals surface area contributed by atoms with E-state index < -0.39 is 51.9 Å². The van der Waals surface area contributed by atoms with E-state index in [4.69, 9.17) is 34.2 Å². The zero-order valence-electron chi connectivity index (χ0n) is 34.2. The number of esters is 2. The van der Waals surface area contributed by atoms with Crippen LogP contribution in [0.2, 0.25) is 0 Å². The number of ether oxygens (including phenoxy) is 6. The van der Waals surface area contributed by atoms with E-state index in [9.17, 15) is 15.2 Å². The van der Waals surface area contributed by atoms with Crippen molar-refractivity contribution >= 4 is 34.6 Å². The molecule has 8 aliphatic heterocycles. The molecular formula is C44H46N6O9S. The SMILES string of the molecule is COc1ccc2[nH]c3c(c2c1)C[C@@H](CN)N[C@]31CS[C@@H]2c3c(OC(C)=O)c(C)c4c(c3[C@H](COC1=O)N1[C@@H]2[C@H]2c3c(cc(C)c(OC)c3O)C3(C)CC1(C#N)CN23)OCO4. The zero-order chi connectivity index (χ0) is 41.8. The predicted octanol–water partition coefficient (Wildman–Crippen LogP) is 4.54. The number of aryl methyl sites for hydroxylation is 1. The molecule has 3 aromatic carbocycles. The van der Waals surface area contributed by atoms with E-state index in [2.05, 4.69) is 39.2 Å². The van der Waals surface area contributed by atoms with E-state index in [0.717, 1.165) is 33.2 Å². The molecule has 12 rings (SSSR count). The summed E-state index contributed by atoms with van der Waals surface area (Å²) in [7, 11) is 3.19. The summed E-state index contributed by atoms with van der Waals surface area (Å²) >= 11 is 1.53. The fourth-order valence-corrected chi connectivity index (χ4v) is 13.8. The molecule has 8 aliphatic rings. The number of nitrogens with zero attached hydrogens (tertiary/aromatic N) is 3. The summed E-state index contributed by atoms with van der Waals surface area (Å²) in [6.07, 6.45) is 0.994. The van der Waals surface area contributed by atoms with Crippen LogP contribution in [0.3, 0.4) is 0 Å². The molecule has 9 heterocycles. The number of aromatic hydroxyl groups is 1. The lowest BCUT2D eigenvalue weighted by Crippen LogP contribution is -2.67. The molecule has 312 valence electrons. The van der Waals surface area contributed by atoms with Gasteiger partial charge in [-0.25, -0.2) is 4.79 Å². The third-order valence-electron chi connectivity index (χ3n) is 14.5. The first-order chi connectivity index (χ1) is 28.8. The van der Waals surface area contributed by atoms with Crippen molar-refractivity contribution < 1.29 is 43.1 Å². The fourth-order valence-electron chi connectivity index (χ4n) is 12.2. The summed E-state index contributed by atoms with van der Waals surface area (Å²) in [6.45, 7) is 7.72. The van der Waals surface area contributed by atoms with Crippen molar-refractivity contribution in [2.75, 3.05) is 46.5 Å². The molecule has 2 unspecified atom stereocenters. The normalized spacial score (nSPS) is 31.9. The molecule has 60 heavy (non-hydrogen) atoms. The van der Waals surface area contributed by atoms with Crippen LogP contribution < -0.4 is 34.7 Å². The highest BCUT2D eigenvalue weighted by Crippen LogP contribution is 2.71. The first kappa shape index (κ1) is 37.8. The van der Waals surface area contributed by atoms with Gasteiger partial charge in [0.2, 0.25) is 6.79 Å². The third kappa shape index (κ3) is 4.59. The minimum Gasteiger partial charge on any atom is -0.504 e. The Hall–Kier alpha value is -5.18. The predicted molar refractivity (Wildman–Crippen MR) is 219 cm³/mol. The summed E-state index contributed by atoms with van der Waals surface area (Å²) in [6, 6.07) is 8.70. The minimum absolute atomic E-state index is 0.0560. The molecule has 8 atom stereocenters. The number of piperazine rings is 1. The van der Waals surface area contributed by atoms with Gasteiger partial charge in [0.05, 0.1) is 43.3 Å². The van der Waals surface area contributed by atoms with Crippen LogP contribution in [0.25, 0.3) is 10.9 Å². The number of thioether (sulfide) groups is 1. The van der Waals surface area contributed by atoms with Gasteiger partial charge < -0.3 is 44.2 Å². The number of phenolic OH excluding ortho intramolecular Hbond substituents is 1. The van der Waals surface area contributed by atoms with Gasteiger partial charge in [-0.05, 0) is 68.1 Å². The van der Waals surface area contributed by atoms with E-state index in [-0.39, 0.29) is 37.5 Å². The molecule has 1 aromatic heterocycles. The highest BCUT2D eigenvalue weighted by atomic mass is 32.2. The van der Waals surface area contributed by atoms with Crippen LogP contribution in [-0.2, 0) is 31.8 Å². The molecular weight excluding hydrogens is 789 g/mol. The lowest BCUT2D eigenvalue weighted by molar-refractivity contribution is -0.157. The Morgan fingerprint density at radius 1 is 1.12 bits per heavy atom. The summed E-state index contributed by atoms with van der Waals surface area (Å²) in [4.78, 5) is 36.6. The Morgan fingerprint density at radius 3 is 2.65 bits per heavy atom. The molecule has 5 N–H and O–H groups in total. The average molecular weight is 835 g/mol. The molecule has 3 saturated heterocycles. The Balaban J connectivity index is 1.20. The lowest BCUT2D eigenvalue weighted by Gasteiger charge is -2.58. The zero-order valence-corrected chi connectivity index (χ0v) is 35.0. The van der Waals surface area contributed by atoms with Crippen LogP contribution in [0.15, 0.2) is 24.3 Å². The summed E-state index contributed by atoms with van der Waals surface area (Å²) in [5.74, 6) is 1.61. The first-order valence-corrected chi connectivity index (χ1v) is 21.4. The Kier molecular flexibility index (Phi) is 7.99. The Morgan fingerprint density at radius 2 is 1.92 bits per heavy atom. The molecule has 0 amide bonds. The van der Waals surface area contributed by atoms with Gasteiger partial charge >= 0.3 is 11.9 Å². The van der Waals surface area contributed by atoms with E-state index >= 15 is 4.79 Å². The maximum Gasteiger partial charge on any atom is 0.333 e. The van der Waals surface area contributed by atoms with E-state index in [1.54, 1.807) is 14.2 Å². The van der Waals surface area contributed by atoms with Crippen molar-refractivity contribution in [2.45, 2.75) is 86.6 Å².